The lowest BCUT2D eigenvalue weighted by Crippen LogP contribution is -2.44. The van der Waals surface area contributed by atoms with Gasteiger partial charge in [-0.1, -0.05) is 0 Å². The molecule has 1 aromatic rings. The lowest BCUT2D eigenvalue weighted by atomic mass is 9.84. The number of benzene rings is 1. The van der Waals surface area contributed by atoms with Gasteiger partial charge in [-0.2, -0.15) is 0 Å². The zero-order valence-corrected chi connectivity index (χ0v) is 9.72. The summed E-state index contributed by atoms with van der Waals surface area (Å²) in [6, 6.07) is 1.98. The van der Waals surface area contributed by atoms with E-state index in [2.05, 4.69) is 10.6 Å². The second kappa shape index (κ2) is 3.65. The maximum Gasteiger partial charge on any atom is 0.234 e. The van der Waals surface area contributed by atoms with Gasteiger partial charge in [-0.05, 0) is 19.1 Å². The van der Waals surface area contributed by atoms with Gasteiger partial charge < -0.3 is 15.4 Å². The highest BCUT2D eigenvalue weighted by Gasteiger charge is 2.48. The molecule has 2 heterocycles. The van der Waals surface area contributed by atoms with E-state index in [-0.39, 0.29) is 29.9 Å². The van der Waals surface area contributed by atoms with E-state index < -0.39 is 17.0 Å². The van der Waals surface area contributed by atoms with E-state index >= 15 is 0 Å². The number of hydrogen-bond donors (Lipinski definition) is 2. The first-order valence-electron chi connectivity index (χ1n) is 5.66. The van der Waals surface area contributed by atoms with Crippen molar-refractivity contribution in [3.8, 4) is 0 Å². The smallest absolute Gasteiger partial charge is 0.234 e. The van der Waals surface area contributed by atoms with Gasteiger partial charge in [0.25, 0.3) is 0 Å². The fourth-order valence-corrected chi connectivity index (χ4v) is 2.33. The third-order valence-electron chi connectivity index (χ3n) is 3.64. The lowest BCUT2D eigenvalue weighted by Gasteiger charge is -2.25. The quantitative estimate of drug-likeness (QED) is 0.741. The Hall–Kier alpha value is -1.69. The third-order valence-corrected chi connectivity index (χ3v) is 3.64. The van der Waals surface area contributed by atoms with Crippen LogP contribution in [0.4, 0.5) is 20.2 Å². The maximum atomic E-state index is 13.7. The van der Waals surface area contributed by atoms with Gasteiger partial charge in [0.05, 0.1) is 36.0 Å². The summed E-state index contributed by atoms with van der Waals surface area (Å²) in [6.07, 6.45) is 0. The van der Waals surface area contributed by atoms with Gasteiger partial charge in [-0.3, -0.25) is 4.79 Å². The summed E-state index contributed by atoms with van der Waals surface area (Å²) in [6.45, 7) is 2.29. The van der Waals surface area contributed by atoms with Crippen molar-refractivity contribution in [1.82, 2.24) is 0 Å². The molecule has 1 saturated heterocycles. The van der Waals surface area contributed by atoms with Crippen molar-refractivity contribution in [3.05, 3.63) is 23.8 Å². The summed E-state index contributed by atoms with van der Waals surface area (Å²) in [4.78, 5) is 12.1. The monoisotopic (exact) mass is 254 g/mol. The molecule has 18 heavy (non-hydrogen) atoms. The number of amides is 1. The minimum atomic E-state index is -0.982. The number of carbonyl (C=O) groups excluding carboxylic acids is 1. The predicted octanol–water partition coefficient (Wildman–Crippen LogP) is 1.73. The first kappa shape index (κ1) is 11.4. The summed E-state index contributed by atoms with van der Waals surface area (Å²) in [5.41, 5.74) is -0.529. The van der Waals surface area contributed by atoms with Gasteiger partial charge in [0.15, 0.2) is 11.6 Å². The Morgan fingerprint density at radius 3 is 3.00 bits per heavy atom. The van der Waals surface area contributed by atoms with E-state index in [1.165, 1.54) is 6.07 Å². The van der Waals surface area contributed by atoms with E-state index in [1.807, 2.05) is 0 Å². The van der Waals surface area contributed by atoms with Crippen molar-refractivity contribution in [2.24, 2.45) is 5.41 Å². The zero-order valence-electron chi connectivity index (χ0n) is 9.72. The van der Waals surface area contributed by atoms with Crippen LogP contribution in [0.2, 0.25) is 0 Å². The number of fused-ring (bicyclic) bond motifs is 2. The number of anilines is 2. The number of ether oxygens (including phenoxy) is 1. The highest BCUT2D eigenvalue weighted by Crippen LogP contribution is 2.39. The molecule has 2 aliphatic heterocycles. The minimum absolute atomic E-state index is 0.0115. The van der Waals surface area contributed by atoms with E-state index in [0.29, 0.717) is 6.61 Å². The van der Waals surface area contributed by atoms with Crippen LogP contribution in [-0.4, -0.2) is 25.2 Å². The molecule has 3 rings (SSSR count). The van der Waals surface area contributed by atoms with Crippen LogP contribution in [0.3, 0.4) is 0 Å². The summed E-state index contributed by atoms with van der Waals surface area (Å²) in [7, 11) is 0. The molecule has 96 valence electrons. The van der Waals surface area contributed by atoms with Crippen molar-refractivity contribution in [1.29, 1.82) is 0 Å². The molecule has 1 amide bonds. The van der Waals surface area contributed by atoms with Gasteiger partial charge in [0, 0.05) is 0 Å². The molecule has 2 unspecified atom stereocenters. The fourth-order valence-electron chi connectivity index (χ4n) is 2.33. The normalized spacial score (nSPS) is 29.9. The van der Waals surface area contributed by atoms with Gasteiger partial charge >= 0.3 is 0 Å². The van der Waals surface area contributed by atoms with Crippen LogP contribution in [0.1, 0.15) is 6.92 Å². The number of halogens is 2. The Bertz CT molecular complexity index is 535. The van der Waals surface area contributed by atoms with Crippen molar-refractivity contribution in [2.45, 2.75) is 13.0 Å². The second-order valence-electron chi connectivity index (χ2n) is 4.87. The molecule has 0 bridgehead atoms. The van der Waals surface area contributed by atoms with Crippen molar-refractivity contribution < 1.29 is 18.3 Å². The number of hydrogen-bond acceptors (Lipinski definition) is 3. The SMILES string of the molecule is CC12COCC1Nc1c(ccc(F)c1F)NC2=O. The molecular weight excluding hydrogens is 242 g/mol. The standard InChI is InChI=1S/C12H12F2N2O2/c1-12-5-18-4-8(12)16-10-7(15-11(12)17)3-2-6(13)9(10)14/h2-3,8,16H,4-5H2,1H3,(H,15,17). The Balaban J connectivity index is 2.11. The second-order valence-corrected chi connectivity index (χ2v) is 4.87. The van der Waals surface area contributed by atoms with Gasteiger partial charge in [-0.15, -0.1) is 0 Å². The lowest BCUT2D eigenvalue weighted by molar-refractivity contribution is -0.124. The third kappa shape index (κ3) is 1.42. The molecule has 0 saturated carbocycles. The van der Waals surface area contributed by atoms with Gasteiger partial charge in [-0.25, -0.2) is 8.78 Å². The summed E-state index contributed by atoms with van der Waals surface area (Å²) in [5.74, 6) is -2.18. The Morgan fingerprint density at radius 2 is 2.22 bits per heavy atom. The van der Waals surface area contributed by atoms with Crippen LogP contribution in [0.25, 0.3) is 0 Å². The van der Waals surface area contributed by atoms with Crippen LogP contribution in [0.5, 0.6) is 0 Å². The predicted molar refractivity (Wildman–Crippen MR) is 61.3 cm³/mol. The van der Waals surface area contributed by atoms with E-state index in [9.17, 15) is 13.6 Å². The molecule has 0 spiro atoms. The molecule has 2 atom stereocenters. The maximum absolute atomic E-state index is 13.7. The van der Waals surface area contributed by atoms with Gasteiger partial charge in [0.1, 0.15) is 0 Å². The molecule has 0 radical (unpaired) electrons. The zero-order chi connectivity index (χ0) is 12.9. The van der Waals surface area contributed by atoms with Crippen LogP contribution < -0.4 is 10.6 Å². The fraction of sp³-hybridized carbons (Fsp3) is 0.417. The van der Waals surface area contributed by atoms with Crippen LogP contribution in [0.15, 0.2) is 12.1 Å². The molecule has 0 aromatic heterocycles. The van der Waals surface area contributed by atoms with Gasteiger partial charge in [0.2, 0.25) is 5.91 Å². The average Bonchev–Trinajstić information content (AvgIpc) is 2.67. The first-order valence-corrected chi connectivity index (χ1v) is 5.66. The summed E-state index contributed by atoms with van der Waals surface area (Å²) >= 11 is 0. The first-order chi connectivity index (χ1) is 8.52. The molecular formula is C12H12F2N2O2. The molecule has 6 heteroatoms. The average molecular weight is 254 g/mol. The van der Waals surface area contributed by atoms with Crippen LogP contribution in [-0.2, 0) is 9.53 Å². The highest BCUT2D eigenvalue weighted by atomic mass is 19.2. The van der Waals surface area contributed by atoms with E-state index in [1.54, 1.807) is 6.92 Å². The van der Waals surface area contributed by atoms with Crippen molar-refractivity contribution >= 4 is 17.3 Å². The van der Waals surface area contributed by atoms with Crippen molar-refractivity contribution in [2.75, 3.05) is 23.8 Å². The van der Waals surface area contributed by atoms with E-state index in [4.69, 9.17) is 4.74 Å². The minimum Gasteiger partial charge on any atom is -0.378 e. The largest absolute Gasteiger partial charge is 0.378 e. The summed E-state index contributed by atoms with van der Waals surface area (Å²) in [5, 5.41) is 5.49. The van der Waals surface area contributed by atoms with Crippen molar-refractivity contribution in [3.63, 3.8) is 0 Å². The molecule has 1 fully saturated rings. The highest BCUT2D eigenvalue weighted by molar-refractivity contribution is 6.00. The summed E-state index contributed by atoms with van der Waals surface area (Å²) < 4.78 is 32.2. The number of carbonyl (C=O) groups is 1. The number of rotatable bonds is 0. The van der Waals surface area contributed by atoms with Crippen LogP contribution in [0, 0.1) is 17.0 Å². The van der Waals surface area contributed by atoms with E-state index in [0.717, 1.165) is 6.07 Å². The Kier molecular flexibility index (Phi) is 2.31. The molecule has 1 aromatic carbocycles. The molecule has 2 N–H and O–H groups in total. The van der Waals surface area contributed by atoms with Crippen LogP contribution >= 0.6 is 0 Å². The Morgan fingerprint density at radius 1 is 1.44 bits per heavy atom. The molecule has 0 aliphatic carbocycles. The number of nitrogens with one attached hydrogen (secondary N) is 2. The Labute approximate surface area is 102 Å². The molecule has 2 aliphatic rings. The molecule has 4 nitrogen and oxygen atoms in total. The topological polar surface area (TPSA) is 50.4 Å².